The van der Waals surface area contributed by atoms with Crippen molar-refractivity contribution in [3.63, 3.8) is 0 Å². The van der Waals surface area contributed by atoms with Crippen LogP contribution in [0.15, 0.2) is 54.6 Å². The Hall–Kier alpha value is -2.29. The summed E-state index contributed by atoms with van der Waals surface area (Å²) in [4.78, 5) is 11.3. The molecule has 0 heterocycles. The number of nitrogens with one attached hydrogen (secondary N) is 1. The van der Waals surface area contributed by atoms with Crippen LogP contribution in [-0.4, -0.2) is 18.9 Å². The van der Waals surface area contributed by atoms with Crippen molar-refractivity contribution in [3.8, 4) is 5.75 Å². The minimum atomic E-state index is 0.0925. The summed E-state index contributed by atoms with van der Waals surface area (Å²) in [6.07, 6.45) is 2.02. The van der Waals surface area contributed by atoms with Gasteiger partial charge < -0.3 is 10.1 Å². The average molecular weight is 283 g/mol. The van der Waals surface area contributed by atoms with Crippen LogP contribution in [0.25, 0.3) is 0 Å². The fourth-order valence-corrected chi connectivity index (χ4v) is 2.01. The number of anilines is 1. The van der Waals surface area contributed by atoms with Crippen LogP contribution in [0.5, 0.6) is 5.75 Å². The molecule has 0 aromatic heterocycles. The first kappa shape index (κ1) is 15.1. The van der Waals surface area contributed by atoms with Gasteiger partial charge in [0.1, 0.15) is 5.75 Å². The molecule has 3 nitrogen and oxygen atoms in total. The Morgan fingerprint density at radius 3 is 2.62 bits per heavy atom. The predicted octanol–water partition coefficient (Wildman–Crippen LogP) is 4.16. The van der Waals surface area contributed by atoms with Gasteiger partial charge in [-0.15, -0.1) is 0 Å². The number of carbonyl (C=O) groups excluding carboxylic acids is 1. The Bertz CT molecular complexity index is 566. The highest BCUT2D eigenvalue weighted by molar-refractivity contribution is 5.94. The van der Waals surface area contributed by atoms with Crippen LogP contribution in [0.4, 0.5) is 5.69 Å². The van der Waals surface area contributed by atoms with Gasteiger partial charge >= 0.3 is 0 Å². The molecule has 0 saturated carbocycles. The zero-order valence-electron chi connectivity index (χ0n) is 12.3. The normalized spacial score (nSPS) is 10.1. The third-order valence-electron chi connectivity index (χ3n) is 3.18. The van der Waals surface area contributed by atoms with Crippen molar-refractivity contribution in [1.29, 1.82) is 0 Å². The first-order valence-electron chi connectivity index (χ1n) is 7.28. The minimum Gasteiger partial charge on any atom is -0.494 e. The van der Waals surface area contributed by atoms with Crippen molar-refractivity contribution in [3.05, 3.63) is 60.2 Å². The second-order valence-corrected chi connectivity index (χ2v) is 4.93. The maximum Gasteiger partial charge on any atom is 0.159 e. The number of ether oxygens (including phenoxy) is 1. The van der Waals surface area contributed by atoms with E-state index in [9.17, 15) is 4.79 Å². The van der Waals surface area contributed by atoms with Gasteiger partial charge in [-0.05, 0) is 44.0 Å². The van der Waals surface area contributed by atoms with Crippen LogP contribution in [0, 0.1) is 0 Å². The van der Waals surface area contributed by atoms with Gasteiger partial charge in [-0.3, -0.25) is 4.79 Å². The van der Waals surface area contributed by atoms with E-state index in [2.05, 4.69) is 5.32 Å². The topological polar surface area (TPSA) is 38.3 Å². The summed E-state index contributed by atoms with van der Waals surface area (Å²) in [5.74, 6) is 1.01. The van der Waals surface area contributed by atoms with Crippen molar-refractivity contribution in [2.75, 3.05) is 18.5 Å². The molecule has 21 heavy (non-hydrogen) atoms. The van der Waals surface area contributed by atoms with Crippen LogP contribution in [0.1, 0.15) is 30.1 Å². The Balaban J connectivity index is 1.64. The van der Waals surface area contributed by atoms with E-state index >= 15 is 0 Å². The van der Waals surface area contributed by atoms with Crippen LogP contribution < -0.4 is 10.1 Å². The maximum absolute atomic E-state index is 11.3. The van der Waals surface area contributed by atoms with Gasteiger partial charge in [0.25, 0.3) is 0 Å². The lowest BCUT2D eigenvalue weighted by Gasteiger charge is -2.08. The highest BCUT2D eigenvalue weighted by atomic mass is 16.5. The molecular weight excluding hydrogens is 262 g/mol. The van der Waals surface area contributed by atoms with Gasteiger partial charge in [0.05, 0.1) is 6.61 Å². The van der Waals surface area contributed by atoms with Gasteiger partial charge in [0, 0.05) is 17.8 Å². The molecule has 2 aromatic rings. The monoisotopic (exact) mass is 283 g/mol. The molecule has 1 N–H and O–H groups in total. The number of Topliss-reactive ketones (excluding diaryl/α,β-unsaturated/α-hetero) is 1. The minimum absolute atomic E-state index is 0.0925. The zero-order chi connectivity index (χ0) is 14.9. The van der Waals surface area contributed by atoms with Crippen molar-refractivity contribution < 1.29 is 9.53 Å². The Morgan fingerprint density at radius 1 is 1.05 bits per heavy atom. The molecule has 110 valence electrons. The lowest BCUT2D eigenvalue weighted by molar-refractivity contribution is 0.101. The lowest BCUT2D eigenvalue weighted by atomic mass is 10.1. The third kappa shape index (κ3) is 5.30. The molecular formula is C18H21NO2. The second-order valence-electron chi connectivity index (χ2n) is 4.93. The van der Waals surface area contributed by atoms with Gasteiger partial charge in [0.2, 0.25) is 0 Å². The molecule has 0 aliphatic rings. The van der Waals surface area contributed by atoms with Gasteiger partial charge in [-0.25, -0.2) is 0 Å². The number of para-hydroxylation sites is 1. The van der Waals surface area contributed by atoms with Crippen molar-refractivity contribution >= 4 is 11.5 Å². The van der Waals surface area contributed by atoms with Gasteiger partial charge in [-0.1, -0.05) is 30.3 Å². The summed E-state index contributed by atoms with van der Waals surface area (Å²) in [6.45, 7) is 3.18. The average Bonchev–Trinajstić information content (AvgIpc) is 2.52. The fraction of sp³-hybridized carbons (Fsp3) is 0.278. The van der Waals surface area contributed by atoms with E-state index in [0.717, 1.165) is 43.0 Å². The maximum atomic E-state index is 11.3. The molecule has 0 amide bonds. The third-order valence-corrected chi connectivity index (χ3v) is 3.18. The van der Waals surface area contributed by atoms with Crippen LogP contribution >= 0.6 is 0 Å². The summed E-state index contributed by atoms with van der Waals surface area (Å²) >= 11 is 0. The quantitative estimate of drug-likeness (QED) is 0.584. The Kier molecular flexibility index (Phi) is 5.83. The number of hydrogen-bond acceptors (Lipinski definition) is 3. The summed E-state index contributed by atoms with van der Waals surface area (Å²) in [7, 11) is 0. The van der Waals surface area contributed by atoms with Gasteiger partial charge in [0.15, 0.2) is 5.78 Å². The first-order chi connectivity index (χ1) is 10.3. The molecule has 0 saturated heterocycles. The molecule has 0 fully saturated rings. The molecule has 0 bridgehead atoms. The molecule has 0 atom stereocenters. The molecule has 0 unspecified atom stereocenters. The summed E-state index contributed by atoms with van der Waals surface area (Å²) in [5, 5.41) is 3.33. The van der Waals surface area contributed by atoms with E-state index in [-0.39, 0.29) is 5.78 Å². The lowest BCUT2D eigenvalue weighted by Crippen LogP contribution is -2.05. The predicted molar refractivity (Wildman–Crippen MR) is 86.1 cm³/mol. The Morgan fingerprint density at radius 2 is 1.86 bits per heavy atom. The van der Waals surface area contributed by atoms with E-state index in [1.54, 1.807) is 6.92 Å². The first-order valence-corrected chi connectivity index (χ1v) is 7.28. The van der Waals surface area contributed by atoms with Crippen molar-refractivity contribution in [2.45, 2.75) is 19.8 Å². The molecule has 2 aromatic carbocycles. The van der Waals surface area contributed by atoms with Crippen molar-refractivity contribution in [1.82, 2.24) is 0 Å². The largest absolute Gasteiger partial charge is 0.494 e. The van der Waals surface area contributed by atoms with Crippen LogP contribution in [0.3, 0.4) is 0 Å². The number of hydrogen-bond donors (Lipinski definition) is 1. The number of rotatable bonds is 8. The highest BCUT2D eigenvalue weighted by Gasteiger charge is 1.99. The summed E-state index contributed by atoms with van der Waals surface area (Å²) in [6, 6.07) is 17.5. The Labute approximate surface area is 126 Å². The molecule has 0 aliphatic carbocycles. The molecule has 0 aliphatic heterocycles. The van der Waals surface area contributed by atoms with E-state index in [4.69, 9.17) is 4.74 Å². The number of unbranched alkanes of at least 4 members (excludes halogenated alkanes) is 1. The van der Waals surface area contributed by atoms with E-state index in [0.29, 0.717) is 0 Å². The van der Waals surface area contributed by atoms with Crippen LogP contribution in [-0.2, 0) is 0 Å². The fourth-order valence-electron chi connectivity index (χ4n) is 2.01. The number of benzene rings is 2. The van der Waals surface area contributed by atoms with E-state index < -0.39 is 0 Å². The molecule has 2 rings (SSSR count). The highest BCUT2D eigenvalue weighted by Crippen LogP contribution is 2.12. The van der Waals surface area contributed by atoms with Crippen LogP contribution in [0.2, 0.25) is 0 Å². The van der Waals surface area contributed by atoms with Gasteiger partial charge in [-0.2, -0.15) is 0 Å². The standard InChI is InChI=1S/C18H21NO2/c1-15(20)16-8-7-9-17(14-16)19-12-5-6-13-21-18-10-3-2-4-11-18/h2-4,7-11,14,19H,5-6,12-13H2,1H3. The van der Waals surface area contributed by atoms with E-state index in [1.807, 2.05) is 54.6 Å². The smallest absolute Gasteiger partial charge is 0.159 e. The SMILES string of the molecule is CC(=O)c1cccc(NCCCCOc2ccccc2)c1. The molecule has 0 radical (unpaired) electrons. The van der Waals surface area contributed by atoms with E-state index in [1.165, 1.54) is 0 Å². The molecule has 0 spiro atoms. The second kappa shape index (κ2) is 8.10. The molecule has 3 heteroatoms. The number of ketones is 1. The zero-order valence-corrected chi connectivity index (χ0v) is 12.3. The van der Waals surface area contributed by atoms with Crippen molar-refractivity contribution in [2.24, 2.45) is 0 Å². The summed E-state index contributed by atoms with van der Waals surface area (Å²) < 4.78 is 5.64. The number of carbonyl (C=O) groups is 1. The summed E-state index contributed by atoms with van der Waals surface area (Å²) in [5.41, 5.74) is 1.74.